The van der Waals surface area contributed by atoms with Gasteiger partial charge in [0.2, 0.25) is 0 Å². The van der Waals surface area contributed by atoms with Crippen LogP contribution in [0.15, 0.2) is 18.2 Å². The van der Waals surface area contributed by atoms with E-state index in [4.69, 9.17) is 4.74 Å². The van der Waals surface area contributed by atoms with Gasteiger partial charge < -0.3 is 14.7 Å². The fourth-order valence-corrected chi connectivity index (χ4v) is 2.85. The Kier molecular flexibility index (Phi) is 4.50. The molecule has 1 amide bonds. The van der Waals surface area contributed by atoms with Crippen molar-refractivity contribution in [1.82, 2.24) is 4.90 Å². The second-order valence-corrected chi connectivity index (χ2v) is 5.75. The molecule has 1 N–H and O–H groups in total. The number of benzene rings is 1. The highest BCUT2D eigenvalue weighted by Crippen LogP contribution is 2.24. The maximum absolute atomic E-state index is 12.2. The second-order valence-electron chi connectivity index (χ2n) is 5.75. The van der Waals surface area contributed by atoms with Crippen molar-refractivity contribution in [3.63, 3.8) is 0 Å². The molecule has 2 atom stereocenters. The first kappa shape index (κ1) is 15.4. The summed E-state index contributed by atoms with van der Waals surface area (Å²) >= 11 is 0. The molecule has 0 bridgehead atoms. The molecule has 1 aliphatic rings. The van der Waals surface area contributed by atoms with E-state index in [1.165, 1.54) is 4.90 Å². The maximum atomic E-state index is 12.2. The third-order valence-corrected chi connectivity index (χ3v) is 3.83. The standard InChI is InChI=1S/C16H21NO4/c1-10-6-11(2)8-13(7-10)21-9-14(18)17-5-4-12(3)15(17)16(19)20/h6-8,12,15H,4-5,9H2,1-3H3,(H,19,20). The number of carboxylic acids is 1. The number of hydrogen-bond donors (Lipinski definition) is 1. The minimum absolute atomic E-state index is 0.0207. The summed E-state index contributed by atoms with van der Waals surface area (Å²) in [4.78, 5) is 24.9. The monoisotopic (exact) mass is 291 g/mol. The van der Waals surface area contributed by atoms with E-state index in [1.54, 1.807) is 0 Å². The van der Waals surface area contributed by atoms with Gasteiger partial charge in [-0.2, -0.15) is 0 Å². The van der Waals surface area contributed by atoms with Crippen LogP contribution in [0.4, 0.5) is 0 Å². The number of amides is 1. The van der Waals surface area contributed by atoms with Crippen molar-refractivity contribution in [3.05, 3.63) is 29.3 Å². The molecule has 1 heterocycles. The minimum atomic E-state index is -0.945. The first-order chi connectivity index (χ1) is 9.88. The summed E-state index contributed by atoms with van der Waals surface area (Å²) in [5.41, 5.74) is 2.13. The Balaban J connectivity index is 2.00. The van der Waals surface area contributed by atoms with E-state index in [0.29, 0.717) is 18.7 Å². The molecule has 0 aliphatic carbocycles. The van der Waals surface area contributed by atoms with Gasteiger partial charge in [-0.1, -0.05) is 13.0 Å². The average Bonchev–Trinajstić information content (AvgIpc) is 2.77. The molecule has 1 aromatic rings. The Morgan fingerprint density at radius 3 is 2.48 bits per heavy atom. The van der Waals surface area contributed by atoms with Crippen LogP contribution in [-0.4, -0.2) is 41.1 Å². The summed E-state index contributed by atoms with van der Waals surface area (Å²) in [6, 6.07) is 5.01. The van der Waals surface area contributed by atoms with Crippen LogP contribution in [0.2, 0.25) is 0 Å². The third-order valence-electron chi connectivity index (χ3n) is 3.83. The first-order valence-electron chi connectivity index (χ1n) is 7.12. The van der Waals surface area contributed by atoms with Crippen LogP contribution in [0.5, 0.6) is 5.75 Å². The van der Waals surface area contributed by atoms with Gasteiger partial charge in [-0.3, -0.25) is 4.79 Å². The number of nitrogens with zero attached hydrogens (tertiary/aromatic N) is 1. The summed E-state index contributed by atoms with van der Waals surface area (Å²) in [6.07, 6.45) is 0.715. The Morgan fingerprint density at radius 1 is 1.29 bits per heavy atom. The number of hydrogen-bond acceptors (Lipinski definition) is 3. The van der Waals surface area contributed by atoms with Crippen molar-refractivity contribution in [2.75, 3.05) is 13.2 Å². The molecule has 2 rings (SSSR count). The number of rotatable bonds is 4. The van der Waals surface area contributed by atoms with E-state index in [-0.39, 0.29) is 18.4 Å². The van der Waals surface area contributed by atoms with Gasteiger partial charge >= 0.3 is 5.97 Å². The molecule has 0 aromatic heterocycles. The van der Waals surface area contributed by atoms with Crippen LogP contribution in [-0.2, 0) is 9.59 Å². The second kappa shape index (κ2) is 6.16. The van der Waals surface area contributed by atoms with Gasteiger partial charge in [-0.15, -0.1) is 0 Å². The van der Waals surface area contributed by atoms with Gasteiger partial charge in [0.15, 0.2) is 6.61 Å². The van der Waals surface area contributed by atoms with Crippen LogP contribution in [0.1, 0.15) is 24.5 Å². The van der Waals surface area contributed by atoms with Gasteiger partial charge in [0, 0.05) is 6.54 Å². The molecule has 1 saturated heterocycles. The lowest BCUT2D eigenvalue weighted by molar-refractivity contribution is -0.150. The van der Waals surface area contributed by atoms with Gasteiger partial charge in [-0.25, -0.2) is 4.79 Å². The fourth-order valence-electron chi connectivity index (χ4n) is 2.85. The third kappa shape index (κ3) is 3.54. The molecule has 0 radical (unpaired) electrons. The molecule has 5 heteroatoms. The molecule has 2 unspecified atom stereocenters. The zero-order chi connectivity index (χ0) is 15.6. The smallest absolute Gasteiger partial charge is 0.326 e. The van der Waals surface area contributed by atoms with Crippen molar-refractivity contribution >= 4 is 11.9 Å². The molecular formula is C16H21NO4. The predicted octanol–water partition coefficient (Wildman–Crippen LogP) is 2.00. The fraction of sp³-hybridized carbons (Fsp3) is 0.500. The van der Waals surface area contributed by atoms with Gasteiger partial charge in [0.05, 0.1) is 0 Å². The van der Waals surface area contributed by atoms with E-state index >= 15 is 0 Å². The lowest BCUT2D eigenvalue weighted by Gasteiger charge is -2.23. The number of likely N-dealkylation sites (tertiary alicyclic amines) is 1. The summed E-state index contributed by atoms with van der Waals surface area (Å²) in [6.45, 7) is 6.14. The number of ether oxygens (including phenoxy) is 1. The quantitative estimate of drug-likeness (QED) is 0.921. The van der Waals surface area contributed by atoms with E-state index < -0.39 is 12.0 Å². The van der Waals surface area contributed by atoms with Crippen molar-refractivity contribution in [3.8, 4) is 5.75 Å². The van der Waals surface area contributed by atoms with E-state index in [1.807, 2.05) is 39.0 Å². The zero-order valence-corrected chi connectivity index (χ0v) is 12.6. The van der Waals surface area contributed by atoms with Crippen LogP contribution in [0, 0.1) is 19.8 Å². The van der Waals surface area contributed by atoms with Crippen molar-refractivity contribution in [2.45, 2.75) is 33.2 Å². The summed E-state index contributed by atoms with van der Waals surface area (Å²) in [7, 11) is 0. The molecule has 21 heavy (non-hydrogen) atoms. The number of carbonyl (C=O) groups is 2. The summed E-state index contributed by atoms with van der Waals surface area (Å²) < 4.78 is 5.52. The summed E-state index contributed by atoms with van der Waals surface area (Å²) in [5, 5.41) is 9.23. The van der Waals surface area contributed by atoms with Gasteiger partial charge in [0.1, 0.15) is 11.8 Å². The number of aliphatic carboxylic acids is 1. The maximum Gasteiger partial charge on any atom is 0.326 e. The number of carboxylic acid groups (broad SMARTS) is 1. The van der Waals surface area contributed by atoms with Crippen LogP contribution in [0.3, 0.4) is 0 Å². The Morgan fingerprint density at radius 2 is 1.90 bits per heavy atom. The lowest BCUT2D eigenvalue weighted by atomic mass is 10.0. The van der Waals surface area contributed by atoms with Crippen LogP contribution in [0.25, 0.3) is 0 Å². The Hall–Kier alpha value is -2.04. The molecule has 5 nitrogen and oxygen atoms in total. The molecular weight excluding hydrogens is 270 g/mol. The highest BCUT2D eigenvalue weighted by atomic mass is 16.5. The molecule has 0 spiro atoms. The summed E-state index contributed by atoms with van der Waals surface area (Å²) in [5.74, 6) is -0.599. The van der Waals surface area contributed by atoms with Crippen LogP contribution < -0.4 is 4.74 Å². The lowest BCUT2D eigenvalue weighted by Crippen LogP contribution is -2.44. The number of aryl methyl sites for hydroxylation is 2. The van der Waals surface area contributed by atoms with Crippen LogP contribution >= 0.6 is 0 Å². The van der Waals surface area contributed by atoms with Crippen molar-refractivity contribution < 1.29 is 19.4 Å². The minimum Gasteiger partial charge on any atom is -0.484 e. The van der Waals surface area contributed by atoms with Gasteiger partial charge in [0.25, 0.3) is 5.91 Å². The predicted molar refractivity (Wildman–Crippen MR) is 78.3 cm³/mol. The van der Waals surface area contributed by atoms with E-state index in [0.717, 1.165) is 11.1 Å². The average molecular weight is 291 g/mol. The number of carbonyl (C=O) groups excluding carboxylic acids is 1. The topological polar surface area (TPSA) is 66.8 Å². The SMILES string of the molecule is Cc1cc(C)cc(OCC(=O)N2CCC(C)C2C(=O)O)c1. The molecule has 114 valence electrons. The highest BCUT2D eigenvalue weighted by molar-refractivity contribution is 5.85. The van der Waals surface area contributed by atoms with E-state index in [2.05, 4.69) is 0 Å². The molecule has 1 fully saturated rings. The normalized spacial score (nSPS) is 21.4. The molecule has 1 aromatic carbocycles. The Labute approximate surface area is 124 Å². The zero-order valence-electron chi connectivity index (χ0n) is 12.6. The van der Waals surface area contributed by atoms with Crippen molar-refractivity contribution in [2.24, 2.45) is 5.92 Å². The highest BCUT2D eigenvalue weighted by Gasteiger charge is 2.39. The molecule has 0 saturated carbocycles. The Bertz CT molecular complexity index is 535. The largest absolute Gasteiger partial charge is 0.484 e. The molecule has 1 aliphatic heterocycles. The van der Waals surface area contributed by atoms with Crippen molar-refractivity contribution in [1.29, 1.82) is 0 Å². The van der Waals surface area contributed by atoms with Gasteiger partial charge in [-0.05, 0) is 49.4 Å². The first-order valence-corrected chi connectivity index (χ1v) is 7.12. The van der Waals surface area contributed by atoms with E-state index in [9.17, 15) is 14.7 Å².